The molecular formula is C26H26N2O3. The first-order valence-electron chi connectivity index (χ1n) is 10.4. The molecule has 0 saturated carbocycles. The molecule has 0 saturated heterocycles. The number of rotatable bonds is 9. The molecule has 3 aromatic carbocycles. The van der Waals surface area contributed by atoms with Gasteiger partial charge in [0.15, 0.2) is 5.76 Å². The Morgan fingerprint density at radius 3 is 2.55 bits per heavy atom. The van der Waals surface area contributed by atoms with Crippen molar-refractivity contribution in [3.63, 3.8) is 0 Å². The summed E-state index contributed by atoms with van der Waals surface area (Å²) in [6.07, 6.45) is 1.48. The molecule has 0 aliphatic heterocycles. The van der Waals surface area contributed by atoms with Crippen LogP contribution in [0.5, 0.6) is 5.75 Å². The fraction of sp³-hybridized carbons (Fsp3) is 0.192. The third-order valence-electron chi connectivity index (χ3n) is 5.10. The van der Waals surface area contributed by atoms with Crippen LogP contribution >= 0.6 is 0 Å². The second-order valence-electron chi connectivity index (χ2n) is 7.54. The average molecular weight is 415 g/mol. The number of nitrogens with one attached hydrogen (secondary N) is 1. The summed E-state index contributed by atoms with van der Waals surface area (Å²) in [5.41, 5.74) is 2.55. The van der Waals surface area contributed by atoms with Gasteiger partial charge in [-0.2, -0.15) is 0 Å². The number of amides is 1. The first-order valence-corrected chi connectivity index (χ1v) is 10.4. The number of benzene rings is 3. The van der Waals surface area contributed by atoms with Crippen LogP contribution < -0.4 is 10.1 Å². The maximum Gasteiger partial charge on any atom is 0.287 e. The molecule has 4 aromatic rings. The molecule has 0 fully saturated rings. The van der Waals surface area contributed by atoms with E-state index in [4.69, 9.17) is 9.15 Å². The predicted molar refractivity (Wildman–Crippen MR) is 122 cm³/mol. The Morgan fingerprint density at radius 2 is 1.74 bits per heavy atom. The first-order chi connectivity index (χ1) is 15.2. The van der Waals surface area contributed by atoms with Crippen LogP contribution in [0.3, 0.4) is 0 Å². The summed E-state index contributed by atoms with van der Waals surface area (Å²) in [5, 5.41) is 5.34. The zero-order chi connectivity index (χ0) is 21.5. The third-order valence-corrected chi connectivity index (χ3v) is 5.10. The van der Waals surface area contributed by atoms with Crippen molar-refractivity contribution in [3.8, 4) is 5.75 Å². The highest BCUT2D eigenvalue weighted by molar-refractivity contribution is 5.91. The van der Waals surface area contributed by atoms with Gasteiger partial charge in [0.1, 0.15) is 12.4 Å². The Kier molecular flexibility index (Phi) is 6.65. The van der Waals surface area contributed by atoms with Gasteiger partial charge in [-0.25, -0.2) is 0 Å². The Bertz CT molecular complexity index is 1120. The van der Waals surface area contributed by atoms with Crippen molar-refractivity contribution in [2.75, 3.05) is 20.2 Å². The van der Waals surface area contributed by atoms with E-state index in [-0.39, 0.29) is 5.91 Å². The van der Waals surface area contributed by atoms with E-state index in [1.54, 1.807) is 12.1 Å². The van der Waals surface area contributed by atoms with E-state index in [2.05, 4.69) is 71.9 Å². The molecule has 1 aromatic heterocycles. The molecule has 5 nitrogen and oxygen atoms in total. The summed E-state index contributed by atoms with van der Waals surface area (Å²) in [6.45, 7) is 2.54. The molecule has 1 heterocycles. The molecule has 0 spiro atoms. The molecule has 0 aliphatic carbocycles. The van der Waals surface area contributed by atoms with Crippen LogP contribution in [0, 0.1) is 0 Å². The van der Waals surface area contributed by atoms with Crippen LogP contribution in [0.15, 0.2) is 89.5 Å². The van der Waals surface area contributed by atoms with E-state index >= 15 is 0 Å². The molecule has 5 heteroatoms. The molecule has 1 N–H and O–H groups in total. The Balaban J connectivity index is 1.25. The van der Waals surface area contributed by atoms with Crippen molar-refractivity contribution in [2.24, 2.45) is 0 Å². The first kappa shape index (κ1) is 20.7. The maximum atomic E-state index is 11.8. The summed E-state index contributed by atoms with van der Waals surface area (Å²) in [4.78, 5) is 14.1. The quantitative estimate of drug-likeness (QED) is 0.397. The van der Waals surface area contributed by atoms with Crippen LogP contribution in [-0.4, -0.2) is 31.0 Å². The van der Waals surface area contributed by atoms with Gasteiger partial charge in [-0.1, -0.05) is 54.6 Å². The van der Waals surface area contributed by atoms with Gasteiger partial charge in [-0.15, -0.1) is 0 Å². The van der Waals surface area contributed by atoms with Gasteiger partial charge in [0, 0.05) is 13.1 Å². The van der Waals surface area contributed by atoms with Crippen molar-refractivity contribution >= 4 is 16.7 Å². The van der Waals surface area contributed by atoms with Gasteiger partial charge in [0.05, 0.1) is 12.8 Å². The molecule has 1 amide bonds. The number of ether oxygens (including phenoxy) is 1. The number of carbonyl (C=O) groups is 1. The van der Waals surface area contributed by atoms with Crippen LogP contribution in [0.2, 0.25) is 0 Å². The number of furan rings is 1. The lowest BCUT2D eigenvalue weighted by Gasteiger charge is -2.18. The van der Waals surface area contributed by atoms with E-state index in [1.807, 2.05) is 12.1 Å². The Labute approximate surface area is 182 Å². The fourth-order valence-electron chi connectivity index (χ4n) is 3.61. The Morgan fingerprint density at radius 1 is 0.935 bits per heavy atom. The summed E-state index contributed by atoms with van der Waals surface area (Å²) < 4.78 is 10.8. The molecule has 0 aliphatic rings. The Hall–Kier alpha value is -3.57. The SMILES string of the molecule is CN(Cc1ccc(OCCNC(=O)c2ccco2)cc1)Cc1cccc2ccccc12. The van der Waals surface area contributed by atoms with E-state index in [0.717, 1.165) is 18.8 Å². The minimum Gasteiger partial charge on any atom is -0.492 e. The van der Waals surface area contributed by atoms with Gasteiger partial charge >= 0.3 is 0 Å². The third kappa shape index (κ3) is 5.53. The monoisotopic (exact) mass is 414 g/mol. The standard InChI is InChI=1S/C26H26N2O3/c1-28(19-22-8-4-7-21-6-2-3-9-24(21)22)18-20-11-13-23(14-12-20)30-17-15-27-26(29)25-10-5-16-31-25/h2-14,16H,15,17-19H2,1H3,(H,27,29). The zero-order valence-electron chi connectivity index (χ0n) is 17.6. The van der Waals surface area contributed by atoms with Gasteiger partial charge in [0.2, 0.25) is 0 Å². The maximum absolute atomic E-state index is 11.8. The number of hydrogen-bond donors (Lipinski definition) is 1. The van der Waals surface area contributed by atoms with Gasteiger partial charge < -0.3 is 14.5 Å². The van der Waals surface area contributed by atoms with Crippen LogP contribution in [-0.2, 0) is 13.1 Å². The second-order valence-corrected chi connectivity index (χ2v) is 7.54. The average Bonchev–Trinajstić information content (AvgIpc) is 3.33. The molecule has 158 valence electrons. The largest absolute Gasteiger partial charge is 0.492 e. The number of nitrogens with zero attached hydrogens (tertiary/aromatic N) is 1. The van der Waals surface area contributed by atoms with E-state index in [0.29, 0.717) is 18.9 Å². The van der Waals surface area contributed by atoms with Crippen LogP contribution in [0.1, 0.15) is 21.7 Å². The molecular weight excluding hydrogens is 388 g/mol. The van der Waals surface area contributed by atoms with Crippen molar-refractivity contribution in [1.82, 2.24) is 10.2 Å². The topological polar surface area (TPSA) is 54.7 Å². The number of fused-ring (bicyclic) bond motifs is 1. The highest BCUT2D eigenvalue weighted by Gasteiger charge is 2.08. The minimum absolute atomic E-state index is 0.238. The van der Waals surface area contributed by atoms with Crippen LogP contribution in [0.25, 0.3) is 10.8 Å². The molecule has 31 heavy (non-hydrogen) atoms. The van der Waals surface area contributed by atoms with Crippen molar-refractivity contribution in [3.05, 3.63) is 102 Å². The van der Waals surface area contributed by atoms with Crippen molar-refractivity contribution in [1.29, 1.82) is 0 Å². The normalized spacial score (nSPS) is 11.0. The highest BCUT2D eigenvalue weighted by atomic mass is 16.5. The van der Waals surface area contributed by atoms with Gasteiger partial charge in [0.25, 0.3) is 5.91 Å². The van der Waals surface area contributed by atoms with E-state index < -0.39 is 0 Å². The predicted octanol–water partition coefficient (Wildman–Crippen LogP) is 4.87. The molecule has 4 rings (SSSR count). The summed E-state index contributed by atoms with van der Waals surface area (Å²) in [6, 6.07) is 26.4. The zero-order valence-corrected chi connectivity index (χ0v) is 17.6. The molecule has 0 unspecified atom stereocenters. The molecule has 0 bridgehead atoms. The van der Waals surface area contributed by atoms with Crippen molar-refractivity contribution < 1.29 is 13.9 Å². The van der Waals surface area contributed by atoms with Gasteiger partial charge in [-0.05, 0) is 53.2 Å². The smallest absolute Gasteiger partial charge is 0.287 e. The van der Waals surface area contributed by atoms with E-state index in [9.17, 15) is 4.79 Å². The number of hydrogen-bond acceptors (Lipinski definition) is 4. The summed E-state index contributed by atoms with van der Waals surface area (Å²) in [7, 11) is 2.13. The van der Waals surface area contributed by atoms with Gasteiger partial charge in [-0.3, -0.25) is 9.69 Å². The molecule has 0 radical (unpaired) electrons. The minimum atomic E-state index is -0.238. The van der Waals surface area contributed by atoms with Crippen molar-refractivity contribution in [2.45, 2.75) is 13.1 Å². The second kappa shape index (κ2) is 9.96. The molecule has 0 atom stereocenters. The lowest BCUT2D eigenvalue weighted by atomic mass is 10.0. The lowest BCUT2D eigenvalue weighted by Crippen LogP contribution is -2.27. The number of carbonyl (C=O) groups excluding carboxylic acids is 1. The summed E-state index contributed by atoms with van der Waals surface area (Å²) >= 11 is 0. The van der Waals surface area contributed by atoms with E-state index in [1.165, 1.54) is 28.2 Å². The summed E-state index contributed by atoms with van der Waals surface area (Å²) in [5.74, 6) is 0.850. The fourth-order valence-corrected chi connectivity index (χ4v) is 3.61. The van der Waals surface area contributed by atoms with Crippen LogP contribution in [0.4, 0.5) is 0 Å². The highest BCUT2D eigenvalue weighted by Crippen LogP contribution is 2.20. The lowest BCUT2D eigenvalue weighted by molar-refractivity contribution is 0.0919.